The van der Waals surface area contributed by atoms with E-state index in [1.54, 1.807) is 0 Å². The van der Waals surface area contributed by atoms with E-state index in [9.17, 15) is 0 Å². The third kappa shape index (κ3) is 1.19. The van der Waals surface area contributed by atoms with Gasteiger partial charge in [-0.3, -0.25) is 0 Å². The monoisotopic (exact) mass is 149 g/mol. The smallest absolute Gasteiger partial charge is 0.123 e. The molecule has 0 saturated heterocycles. The van der Waals surface area contributed by atoms with E-state index >= 15 is 0 Å². The topological polar surface area (TPSA) is 50.9 Å². The maximum atomic E-state index is 5.54. The molecule has 0 fully saturated rings. The second kappa shape index (κ2) is 2.51. The molecule has 1 aliphatic heterocycles. The average molecular weight is 149 g/mol. The molecule has 2 rings (SSSR count). The molecule has 0 aliphatic carbocycles. The molecule has 0 unspecified atom stereocenters. The van der Waals surface area contributed by atoms with Gasteiger partial charge in [0.05, 0.1) is 5.69 Å². The van der Waals surface area contributed by atoms with E-state index in [4.69, 9.17) is 5.73 Å². The zero-order valence-corrected chi connectivity index (χ0v) is 6.30. The first-order chi connectivity index (χ1) is 5.36. The standard InChI is InChI=1S/C8H11N3/c9-8-2-1-6-3-4-10-5-7(6)11-8/h1-2,10H,3-5H2,(H2,9,11). The lowest BCUT2D eigenvalue weighted by Crippen LogP contribution is -2.24. The summed E-state index contributed by atoms with van der Waals surface area (Å²) in [6.45, 7) is 1.92. The lowest BCUT2D eigenvalue weighted by Gasteiger charge is -2.15. The molecule has 1 aromatic heterocycles. The maximum Gasteiger partial charge on any atom is 0.123 e. The normalized spacial score (nSPS) is 16.0. The number of nitrogens with zero attached hydrogens (tertiary/aromatic N) is 1. The molecule has 3 nitrogen and oxygen atoms in total. The third-order valence-corrected chi connectivity index (χ3v) is 1.95. The van der Waals surface area contributed by atoms with E-state index in [2.05, 4.69) is 16.4 Å². The first-order valence-corrected chi connectivity index (χ1v) is 3.81. The second-order valence-corrected chi connectivity index (χ2v) is 2.77. The highest BCUT2D eigenvalue weighted by atomic mass is 14.9. The van der Waals surface area contributed by atoms with Gasteiger partial charge >= 0.3 is 0 Å². The molecular weight excluding hydrogens is 138 g/mol. The van der Waals surface area contributed by atoms with Crippen LogP contribution >= 0.6 is 0 Å². The van der Waals surface area contributed by atoms with Gasteiger partial charge in [-0.15, -0.1) is 0 Å². The van der Waals surface area contributed by atoms with Crippen LogP contribution in [0.2, 0.25) is 0 Å². The summed E-state index contributed by atoms with van der Waals surface area (Å²) < 4.78 is 0. The summed E-state index contributed by atoms with van der Waals surface area (Å²) in [6, 6.07) is 3.93. The minimum Gasteiger partial charge on any atom is -0.384 e. The Labute approximate surface area is 65.6 Å². The second-order valence-electron chi connectivity index (χ2n) is 2.77. The fourth-order valence-corrected chi connectivity index (χ4v) is 1.36. The van der Waals surface area contributed by atoms with E-state index in [-0.39, 0.29) is 0 Å². The zero-order chi connectivity index (χ0) is 7.68. The Hall–Kier alpha value is -1.09. The van der Waals surface area contributed by atoms with E-state index in [0.717, 1.165) is 25.2 Å². The van der Waals surface area contributed by atoms with Crippen molar-refractivity contribution >= 4 is 5.82 Å². The first kappa shape index (κ1) is 6.61. The molecule has 0 spiro atoms. The van der Waals surface area contributed by atoms with Crippen molar-refractivity contribution in [1.82, 2.24) is 10.3 Å². The molecule has 1 aromatic rings. The van der Waals surface area contributed by atoms with Gasteiger partial charge in [-0.05, 0) is 24.6 Å². The number of aromatic nitrogens is 1. The summed E-state index contributed by atoms with van der Waals surface area (Å²) in [7, 11) is 0. The molecule has 3 heteroatoms. The molecular formula is C8H11N3. The maximum absolute atomic E-state index is 5.54. The largest absolute Gasteiger partial charge is 0.384 e. The number of fused-ring (bicyclic) bond motifs is 1. The van der Waals surface area contributed by atoms with Gasteiger partial charge in [-0.25, -0.2) is 4.98 Å². The highest BCUT2D eigenvalue weighted by Gasteiger charge is 2.08. The Morgan fingerprint density at radius 3 is 3.27 bits per heavy atom. The summed E-state index contributed by atoms with van der Waals surface area (Å²) in [6.07, 6.45) is 1.07. The van der Waals surface area contributed by atoms with Gasteiger partial charge in [0.1, 0.15) is 5.82 Å². The minimum atomic E-state index is 0.618. The quantitative estimate of drug-likeness (QED) is 0.558. The molecule has 0 amide bonds. The summed E-state index contributed by atoms with van der Waals surface area (Å²) in [5.41, 5.74) is 7.98. The minimum absolute atomic E-state index is 0.618. The SMILES string of the molecule is Nc1ccc2c(n1)CNCC2. The predicted octanol–water partition coefficient (Wildman–Crippen LogP) is 0.309. The Morgan fingerprint density at radius 1 is 1.45 bits per heavy atom. The molecule has 11 heavy (non-hydrogen) atoms. The molecule has 2 heterocycles. The van der Waals surface area contributed by atoms with Crippen LogP contribution < -0.4 is 11.1 Å². The van der Waals surface area contributed by atoms with Crippen molar-refractivity contribution in [1.29, 1.82) is 0 Å². The van der Waals surface area contributed by atoms with Crippen LogP contribution in [-0.2, 0) is 13.0 Å². The van der Waals surface area contributed by atoms with E-state index in [1.165, 1.54) is 5.56 Å². The Bertz CT molecular complexity index is 270. The van der Waals surface area contributed by atoms with Crippen molar-refractivity contribution in [2.24, 2.45) is 0 Å². The van der Waals surface area contributed by atoms with Crippen molar-refractivity contribution in [3.63, 3.8) is 0 Å². The van der Waals surface area contributed by atoms with Gasteiger partial charge < -0.3 is 11.1 Å². The number of hydrogen-bond donors (Lipinski definition) is 2. The molecule has 0 atom stereocenters. The van der Waals surface area contributed by atoms with Crippen molar-refractivity contribution in [2.75, 3.05) is 12.3 Å². The predicted molar refractivity (Wildman–Crippen MR) is 44.1 cm³/mol. The van der Waals surface area contributed by atoms with E-state index in [0.29, 0.717) is 5.82 Å². The molecule has 1 aliphatic rings. The van der Waals surface area contributed by atoms with Crippen LogP contribution in [0.3, 0.4) is 0 Å². The van der Waals surface area contributed by atoms with Crippen molar-refractivity contribution in [2.45, 2.75) is 13.0 Å². The zero-order valence-electron chi connectivity index (χ0n) is 6.30. The first-order valence-electron chi connectivity index (χ1n) is 3.81. The van der Waals surface area contributed by atoms with Gasteiger partial charge in [-0.1, -0.05) is 6.07 Å². The van der Waals surface area contributed by atoms with Crippen LogP contribution in [0.5, 0.6) is 0 Å². The van der Waals surface area contributed by atoms with Crippen LogP contribution in [-0.4, -0.2) is 11.5 Å². The number of nitrogen functional groups attached to an aromatic ring is 1. The number of nitrogens with one attached hydrogen (secondary N) is 1. The molecule has 0 bridgehead atoms. The lowest BCUT2D eigenvalue weighted by atomic mass is 10.1. The van der Waals surface area contributed by atoms with Crippen molar-refractivity contribution in [3.8, 4) is 0 Å². The number of nitrogens with two attached hydrogens (primary N) is 1. The number of anilines is 1. The fourth-order valence-electron chi connectivity index (χ4n) is 1.36. The van der Waals surface area contributed by atoms with Gasteiger partial charge in [0.25, 0.3) is 0 Å². The van der Waals surface area contributed by atoms with Gasteiger partial charge in [0, 0.05) is 6.54 Å². The average Bonchev–Trinajstić information content (AvgIpc) is 2.04. The Balaban J connectivity index is 2.43. The molecule has 58 valence electrons. The van der Waals surface area contributed by atoms with E-state index in [1.807, 2.05) is 6.07 Å². The molecule has 0 aromatic carbocycles. The molecule has 0 saturated carbocycles. The van der Waals surface area contributed by atoms with Crippen molar-refractivity contribution in [3.05, 3.63) is 23.4 Å². The van der Waals surface area contributed by atoms with Gasteiger partial charge in [-0.2, -0.15) is 0 Å². The van der Waals surface area contributed by atoms with Gasteiger partial charge in [0.2, 0.25) is 0 Å². The summed E-state index contributed by atoms with van der Waals surface area (Å²) in [5.74, 6) is 0.618. The van der Waals surface area contributed by atoms with E-state index < -0.39 is 0 Å². The summed E-state index contributed by atoms with van der Waals surface area (Å²) in [5, 5.41) is 3.25. The van der Waals surface area contributed by atoms with Crippen LogP contribution in [0, 0.1) is 0 Å². The highest BCUT2D eigenvalue weighted by molar-refractivity contribution is 5.35. The lowest BCUT2D eigenvalue weighted by molar-refractivity contribution is 0.628. The number of rotatable bonds is 0. The summed E-state index contributed by atoms with van der Waals surface area (Å²) >= 11 is 0. The number of hydrogen-bond acceptors (Lipinski definition) is 3. The van der Waals surface area contributed by atoms with Crippen molar-refractivity contribution < 1.29 is 0 Å². The fraction of sp³-hybridized carbons (Fsp3) is 0.375. The van der Waals surface area contributed by atoms with Crippen LogP contribution in [0.15, 0.2) is 12.1 Å². The highest BCUT2D eigenvalue weighted by Crippen LogP contribution is 2.12. The summed E-state index contributed by atoms with van der Waals surface area (Å²) in [4.78, 5) is 4.23. The third-order valence-electron chi connectivity index (χ3n) is 1.95. The van der Waals surface area contributed by atoms with Crippen LogP contribution in [0.1, 0.15) is 11.3 Å². The van der Waals surface area contributed by atoms with Crippen LogP contribution in [0.25, 0.3) is 0 Å². The molecule has 0 radical (unpaired) electrons. The Kier molecular flexibility index (Phi) is 1.51. The number of pyridine rings is 1. The Morgan fingerprint density at radius 2 is 2.36 bits per heavy atom. The molecule has 3 N–H and O–H groups in total. The van der Waals surface area contributed by atoms with Crippen LogP contribution in [0.4, 0.5) is 5.82 Å². The van der Waals surface area contributed by atoms with Gasteiger partial charge in [0.15, 0.2) is 0 Å².